The number of aromatic nitrogens is 2. The van der Waals surface area contributed by atoms with Crippen LogP contribution in [0.25, 0.3) is 0 Å². The number of aryl methyl sites for hydroxylation is 1. The number of hydrogen-bond acceptors (Lipinski definition) is 3. The van der Waals surface area contributed by atoms with Crippen molar-refractivity contribution in [2.24, 2.45) is 7.05 Å². The van der Waals surface area contributed by atoms with E-state index in [0.29, 0.717) is 11.4 Å². The van der Waals surface area contributed by atoms with Gasteiger partial charge >= 0.3 is 0 Å². The molecule has 1 aliphatic heterocycles. The lowest BCUT2D eigenvalue weighted by atomic mass is 10.2. The third-order valence-electron chi connectivity index (χ3n) is 4.06. The molecule has 23 heavy (non-hydrogen) atoms. The number of para-hydroxylation sites is 3. The van der Waals surface area contributed by atoms with Crippen molar-refractivity contribution in [3.05, 3.63) is 66.4 Å². The van der Waals surface area contributed by atoms with Gasteiger partial charge in [0.2, 0.25) is 0 Å². The van der Waals surface area contributed by atoms with Crippen molar-refractivity contribution >= 4 is 28.8 Å². The molecule has 3 aromatic rings. The van der Waals surface area contributed by atoms with Crippen LogP contribution in [0.15, 0.2) is 60.8 Å². The fraction of sp³-hybridized carbons (Fsp3) is 0.111. The van der Waals surface area contributed by atoms with Crippen LogP contribution in [0.2, 0.25) is 0 Å². The molecule has 2 aromatic carbocycles. The Balaban J connectivity index is 2.02. The molecule has 5 heteroatoms. The molecule has 4 rings (SSSR count). The quantitative estimate of drug-likeness (QED) is 0.691. The molecule has 0 unspecified atom stereocenters. The molecule has 1 aromatic heterocycles. The molecule has 0 saturated heterocycles. The minimum atomic E-state index is -0.0731. The van der Waals surface area contributed by atoms with Gasteiger partial charge in [0.25, 0.3) is 5.91 Å². The summed E-state index contributed by atoms with van der Waals surface area (Å²) in [6.45, 7) is 0. The number of amides is 1. The smallest absolute Gasteiger partial charge is 0.268 e. The fourth-order valence-corrected chi connectivity index (χ4v) is 2.99. The second-order valence-electron chi connectivity index (χ2n) is 5.56. The van der Waals surface area contributed by atoms with Crippen LogP contribution < -0.4 is 9.80 Å². The maximum atomic E-state index is 13.2. The Kier molecular flexibility index (Phi) is 2.94. The second kappa shape index (κ2) is 4.98. The summed E-state index contributed by atoms with van der Waals surface area (Å²) in [5, 5.41) is 4.46. The predicted octanol–water partition coefficient (Wildman–Crippen LogP) is 3.48. The summed E-state index contributed by atoms with van der Waals surface area (Å²) < 4.78 is 1.68. The van der Waals surface area contributed by atoms with Gasteiger partial charge in [-0.1, -0.05) is 30.3 Å². The number of hydrogen-bond donors (Lipinski definition) is 0. The Hall–Kier alpha value is -3.08. The van der Waals surface area contributed by atoms with E-state index in [1.54, 1.807) is 15.8 Å². The maximum Gasteiger partial charge on any atom is 0.268 e. The molecule has 5 nitrogen and oxygen atoms in total. The first-order chi connectivity index (χ1) is 11.2. The number of rotatable bonds is 1. The normalized spacial score (nSPS) is 13.6. The molecule has 0 bridgehead atoms. The summed E-state index contributed by atoms with van der Waals surface area (Å²) in [4.78, 5) is 16.9. The SMILES string of the molecule is CN1c2ccccc2N(c2ccccc2)C(=O)c2cn(C)nc21. The number of nitrogens with zero attached hydrogens (tertiary/aromatic N) is 4. The van der Waals surface area contributed by atoms with Crippen molar-refractivity contribution in [2.45, 2.75) is 0 Å². The Morgan fingerprint density at radius 2 is 1.52 bits per heavy atom. The summed E-state index contributed by atoms with van der Waals surface area (Å²) >= 11 is 0. The lowest BCUT2D eigenvalue weighted by Gasteiger charge is -2.24. The highest BCUT2D eigenvalue weighted by Crippen LogP contribution is 2.41. The molecule has 0 N–H and O–H groups in total. The first kappa shape index (κ1) is 13.6. The average molecular weight is 304 g/mol. The maximum absolute atomic E-state index is 13.2. The standard InChI is InChI=1S/C18H16N4O/c1-20-12-14-17(19-20)21(2)15-10-6-7-11-16(15)22(18(14)23)13-8-4-3-5-9-13/h3-12H,1-2H3. The minimum Gasteiger partial charge on any atom is -0.326 e. The van der Waals surface area contributed by atoms with Gasteiger partial charge in [0, 0.05) is 26.0 Å². The van der Waals surface area contributed by atoms with E-state index in [4.69, 9.17) is 0 Å². The van der Waals surface area contributed by atoms with Gasteiger partial charge in [-0.25, -0.2) is 0 Å². The average Bonchev–Trinajstić information content (AvgIpc) is 2.94. The Labute approximate surface area is 134 Å². The topological polar surface area (TPSA) is 41.4 Å². The minimum absolute atomic E-state index is 0.0731. The van der Waals surface area contributed by atoms with Gasteiger partial charge in [0.05, 0.1) is 11.4 Å². The molecule has 0 aliphatic carbocycles. The Morgan fingerprint density at radius 1 is 0.870 bits per heavy atom. The number of fused-ring (bicyclic) bond motifs is 2. The van der Waals surface area contributed by atoms with E-state index in [0.717, 1.165) is 17.1 Å². The van der Waals surface area contributed by atoms with Gasteiger partial charge in [0.15, 0.2) is 5.82 Å². The number of carbonyl (C=O) groups is 1. The Bertz CT molecular complexity index is 885. The number of carbonyl (C=O) groups excluding carboxylic acids is 1. The van der Waals surface area contributed by atoms with E-state index in [-0.39, 0.29) is 5.91 Å². The molecule has 2 heterocycles. The molecular formula is C18H16N4O. The summed E-state index contributed by atoms with van der Waals surface area (Å²) in [6, 6.07) is 17.6. The molecule has 1 amide bonds. The van der Waals surface area contributed by atoms with Crippen LogP contribution in [0.4, 0.5) is 22.9 Å². The lowest BCUT2D eigenvalue weighted by molar-refractivity contribution is 0.100. The molecule has 0 spiro atoms. The van der Waals surface area contributed by atoms with Gasteiger partial charge in [-0.3, -0.25) is 14.4 Å². The number of benzene rings is 2. The molecule has 0 radical (unpaired) electrons. The molecule has 1 aliphatic rings. The molecule has 0 fully saturated rings. The third kappa shape index (κ3) is 2.01. The van der Waals surface area contributed by atoms with Crippen LogP contribution in [0.3, 0.4) is 0 Å². The number of anilines is 4. The largest absolute Gasteiger partial charge is 0.326 e. The van der Waals surface area contributed by atoms with Crippen LogP contribution in [0.1, 0.15) is 10.4 Å². The summed E-state index contributed by atoms with van der Waals surface area (Å²) in [5.41, 5.74) is 3.24. The van der Waals surface area contributed by atoms with Crippen molar-refractivity contribution in [2.75, 3.05) is 16.8 Å². The van der Waals surface area contributed by atoms with Crippen LogP contribution in [-0.2, 0) is 7.05 Å². The zero-order chi connectivity index (χ0) is 16.0. The zero-order valence-electron chi connectivity index (χ0n) is 13.0. The van der Waals surface area contributed by atoms with Crippen molar-refractivity contribution in [1.29, 1.82) is 0 Å². The summed E-state index contributed by atoms with van der Waals surface area (Å²) in [6.07, 6.45) is 1.77. The van der Waals surface area contributed by atoms with Crippen molar-refractivity contribution < 1.29 is 4.79 Å². The fourth-order valence-electron chi connectivity index (χ4n) is 2.99. The van der Waals surface area contributed by atoms with Crippen LogP contribution in [0, 0.1) is 0 Å². The van der Waals surface area contributed by atoms with Gasteiger partial charge < -0.3 is 4.90 Å². The summed E-state index contributed by atoms with van der Waals surface area (Å²) in [5.74, 6) is 0.597. The van der Waals surface area contributed by atoms with Crippen LogP contribution in [0.5, 0.6) is 0 Å². The van der Waals surface area contributed by atoms with Gasteiger partial charge in [-0.15, -0.1) is 0 Å². The summed E-state index contributed by atoms with van der Waals surface area (Å²) in [7, 11) is 3.76. The Morgan fingerprint density at radius 3 is 2.26 bits per heavy atom. The zero-order valence-corrected chi connectivity index (χ0v) is 13.0. The monoisotopic (exact) mass is 304 g/mol. The van der Waals surface area contributed by atoms with E-state index < -0.39 is 0 Å². The van der Waals surface area contributed by atoms with Crippen molar-refractivity contribution in [3.63, 3.8) is 0 Å². The van der Waals surface area contributed by atoms with E-state index >= 15 is 0 Å². The van der Waals surface area contributed by atoms with E-state index in [1.165, 1.54) is 0 Å². The van der Waals surface area contributed by atoms with E-state index in [1.807, 2.05) is 73.6 Å². The van der Waals surface area contributed by atoms with Crippen molar-refractivity contribution in [1.82, 2.24) is 9.78 Å². The van der Waals surface area contributed by atoms with Crippen LogP contribution >= 0.6 is 0 Å². The predicted molar refractivity (Wildman–Crippen MR) is 90.6 cm³/mol. The van der Waals surface area contributed by atoms with Gasteiger partial charge in [0.1, 0.15) is 5.56 Å². The molecular weight excluding hydrogens is 288 g/mol. The second-order valence-corrected chi connectivity index (χ2v) is 5.56. The first-order valence-corrected chi connectivity index (χ1v) is 7.43. The highest BCUT2D eigenvalue weighted by molar-refractivity contribution is 6.17. The third-order valence-corrected chi connectivity index (χ3v) is 4.06. The van der Waals surface area contributed by atoms with Gasteiger partial charge in [-0.05, 0) is 24.3 Å². The highest BCUT2D eigenvalue weighted by Gasteiger charge is 2.32. The first-order valence-electron chi connectivity index (χ1n) is 7.43. The van der Waals surface area contributed by atoms with E-state index in [9.17, 15) is 4.79 Å². The van der Waals surface area contributed by atoms with E-state index in [2.05, 4.69) is 5.10 Å². The molecule has 0 saturated carbocycles. The van der Waals surface area contributed by atoms with Crippen molar-refractivity contribution in [3.8, 4) is 0 Å². The van der Waals surface area contributed by atoms with Crippen LogP contribution in [-0.4, -0.2) is 22.7 Å². The highest BCUT2D eigenvalue weighted by atomic mass is 16.2. The molecule has 114 valence electrons. The lowest BCUT2D eigenvalue weighted by Crippen LogP contribution is -2.24. The molecule has 0 atom stereocenters. The van der Waals surface area contributed by atoms with Gasteiger partial charge in [-0.2, -0.15) is 5.10 Å².